The zero-order valence-corrected chi connectivity index (χ0v) is 14.5. The first-order valence-corrected chi connectivity index (χ1v) is 8.14. The number of carbonyl (C=O) groups excluding carboxylic acids is 2. The van der Waals surface area contributed by atoms with Crippen LogP contribution in [-0.4, -0.2) is 17.9 Å². The molecule has 4 nitrogen and oxygen atoms in total. The lowest BCUT2D eigenvalue weighted by molar-refractivity contribution is -0.121. The zero-order valence-electron chi connectivity index (χ0n) is 14.5. The molecule has 2 amide bonds. The Morgan fingerprint density at radius 2 is 1.67 bits per heavy atom. The van der Waals surface area contributed by atoms with Crippen molar-refractivity contribution < 1.29 is 9.59 Å². The van der Waals surface area contributed by atoms with Crippen LogP contribution in [0.4, 0.5) is 11.4 Å². The molecule has 2 aromatic carbocycles. The van der Waals surface area contributed by atoms with Crippen LogP contribution < -0.4 is 10.2 Å². The van der Waals surface area contributed by atoms with E-state index in [0.717, 1.165) is 22.4 Å². The van der Waals surface area contributed by atoms with Crippen molar-refractivity contribution >= 4 is 23.2 Å². The van der Waals surface area contributed by atoms with Crippen LogP contribution in [0.3, 0.4) is 0 Å². The molecule has 4 heteroatoms. The van der Waals surface area contributed by atoms with E-state index < -0.39 is 6.04 Å². The minimum atomic E-state index is -0.514. The molecule has 1 atom stereocenters. The Bertz CT molecular complexity index is 826. The minimum absolute atomic E-state index is 0.159. The standard InChI is InChI=1S/C20H22N2O2/c1-12-5-8-18(15(4)9-12)22-19(23)11-17(20(22)24)21-16-7-6-13(2)14(3)10-16/h5-10,17,21H,11H2,1-4H3/t17-/m0/s1. The highest BCUT2D eigenvalue weighted by Crippen LogP contribution is 2.28. The highest BCUT2D eigenvalue weighted by Gasteiger charge is 2.40. The van der Waals surface area contributed by atoms with Gasteiger partial charge in [0.2, 0.25) is 5.91 Å². The molecule has 124 valence electrons. The Morgan fingerprint density at radius 3 is 2.33 bits per heavy atom. The summed E-state index contributed by atoms with van der Waals surface area (Å²) >= 11 is 0. The quantitative estimate of drug-likeness (QED) is 0.877. The number of nitrogens with zero attached hydrogens (tertiary/aromatic N) is 1. The molecule has 1 aliphatic heterocycles. The van der Waals surface area contributed by atoms with E-state index in [0.29, 0.717) is 5.69 Å². The van der Waals surface area contributed by atoms with Gasteiger partial charge in [0.15, 0.2) is 0 Å². The van der Waals surface area contributed by atoms with Crippen LogP contribution in [0.5, 0.6) is 0 Å². The van der Waals surface area contributed by atoms with E-state index in [4.69, 9.17) is 0 Å². The van der Waals surface area contributed by atoms with Crippen molar-refractivity contribution in [2.24, 2.45) is 0 Å². The zero-order chi connectivity index (χ0) is 17.4. The number of hydrogen-bond donors (Lipinski definition) is 1. The molecule has 24 heavy (non-hydrogen) atoms. The number of aryl methyl sites for hydroxylation is 4. The third-order valence-corrected chi connectivity index (χ3v) is 4.59. The molecule has 0 radical (unpaired) electrons. The van der Waals surface area contributed by atoms with Gasteiger partial charge in [0.05, 0.1) is 12.1 Å². The number of carbonyl (C=O) groups is 2. The largest absolute Gasteiger partial charge is 0.373 e. The molecule has 1 saturated heterocycles. The fourth-order valence-corrected chi connectivity index (χ4v) is 3.09. The van der Waals surface area contributed by atoms with Gasteiger partial charge in [-0.3, -0.25) is 9.59 Å². The first-order valence-electron chi connectivity index (χ1n) is 8.14. The number of amides is 2. The van der Waals surface area contributed by atoms with E-state index in [1.165, 1.54) is 10.5 Å². The second-order valence-electron chi connectivity index (χ2n) is 6.56. The highest BCUT2D eigenvalue weighted by molar-refractivity contribution is 6.23. The van der Waals surface area contributed by atoms with Gasteiger partial charge in [0, 0.05) is 5.69 Å². The summed E-state index contributed by atoms with van der Waals surface area (Å²) in [5.74, 6) is -0.349. The summed E-state index contributed by atoms with van der Waals surface area (Å²) < 4.78 is 0. The highest BCUT2D eigenvalue weighted by atomic mass is 16.2. The summed E-state index contributed by atoms with van der Waals surface area (Å²) in [5, 5.41) is 3.21. The summed E-state index contributed by atoms with van der Waals surface area (Å²) in [4.78, 5) is 26.5. The molecule has 2 aromatic rings. The number of benzene rings is 2. The normalized spacial score (nSPS) is 17.5. The van der Waals surface area contributed by atoms with Crippen molar-refractivity contribution in [3.05, 3.63) is 58.7 Å². The van der Waals surface area contributed by atoms with Gasteiger partial charge in [0.1, 0.15) is 6.04 Å². The molecule has 0 aromatic heterocycles. The third kappa shape index (κ3) is 2.92. The molecule has 3 rings (SSSR count). The fourth-order valence-electron chi connectivity index (χ4n) is 3.09. The van der Waals surface area contributed by atoms with Crippen molar-refractivity contribution in [3.63, 3.8) is 0 Å². The Morgan fingerprint density at radius 1 is 0.917 bits per heavy atom. The summed E-state index contributed by atoms with van der Waals surface area (Å²) in [5.41, 5.74) is 5.95. The average Bonchev–Trinajstić information content (AvgIpc) is 2.78. The molecule has 0 unspecified atom stereocenters. The van der Waals surface area contributed by atoms with E-state index >= 15 is 0 Å². The third-order valence-electron chi connectivity index (χ3n) is 4.59. The smallest absolute Gasteiger partial charge is 0.256 e. The second-order valence-corrected chi connectivity index (χ2v) is 6.56. The molecule has 0 saturated carbocycles. The van der Waals surface area contributed by atoms with Gasteiger partial charge in [-0.2, -0.15) is 0 Å². The van der Waals surface area contributed by atoms with E-state index in [1.807, 2.05) is 64.1 Å². The maximum Gasteiger partial charge on any atom is 0.256 e. The maximum atomic E-state index is 12.8. The van der Waals surface area contributed by atoms with Gasteiger partial charge >= 0.3 is 0 Å². The van der Waals surface area contributed by atoms with Crippen LogP contribution in [0.25, 0.3) is 0 Å². The lowest BCUT2D eigenvalue weighted by atomic mass is 10.1. The van der Waals surface area contributed by atoms with Gasteiger partial charge in [-0.1, -0.05) is 23.8 Å². The molecule has 1 heterocycles. The van der Waals surface area contributed by atoms with Gasteiger partial charge in [-0.25, -0.2) is 4.90 Å². The monoisotopic (exact) mass is 322 g/mol. The minimum Gasteiger partial charge on any atom is -0.373 e. The molecule has 1 aliphatic rings. The predicted octanol–water partition coefficient (Wildman–Crippen LogP) is 3.66. The van der Waals surface area contributed by atoms with Gasteiger partial charge in [-0.15, -0.1) is 0 Å². The molecule has 1 fully saturated rings. The summed E-state index contributed by atoms with van der Waals surface area (Å²) in [6, 6.07) is 11.2. The van der Waals surface area contributed by atoms with Crippen LogP contribution in [0, 0.1) is 27.7 Å². The molecular formula is C20H22N2O2. The van der Waals surface area contributed by atoms with Crippen LogP contribution in [0.15, 0.2) is 36.4 Å². The van der Waals surface area contributed by atoms with Crippen molar-refractivity contribution in [3.8, 4) is 0 Å². The number of rotatable bonds is 3. The van der Waals surface area contributed by atoms with Crippen LogP contribution in [-0.2, 0) is 9.59 Å². The van der Waals surface area contributed by atoms with Crippen molar-refractivity contribution in [1.82, 2.24) is 0 Å². The van der Waals surface area contributed by atoms with E-state index in [-0.39, 0.29) is 18.2 Å². The second kappa shape index (κ2) is 6.11. The van der Waals surface area contributed by atoms with E-state index in [2.05, 4.69) is 5.32 Å². The number of nitrogens with one attached hydrogen (secondary N) is 1. The van der Waals surface area contributed by atoms with Crippen molar-refractivity contribution in [1.29, 1.82) is 0 Å². The van der Waals surface area contributed by atoms with E-state index in [9.17, 15) is 9.59 Å². The SMILES string of the molecule is Cc1ccc(N2C(=O)C[C@H](Nc3ccc(C)c(C)c3)C2=O)c(C)c1. The average molecular weight is 322 g/mol. The Hall–Kier alpha value is -2.62. The Balaban J connectivity index is 1.84. The van der Waals surface area contributed by atoms with Gasteiger partial charge < -0.3 is 5.32 Å². The number of anilines is 2. The van der Waals surface area contributed by atoms with E-state index in [1.54, 1.807) is 0 Å². The molecule has 0 spiro atoms. The van der Waals surface area contributed by atoms with Crippen molar-refractivity contribution in [2.45, 2.75) is 40.2 Å². The Kier molecular flexibility index (Phi) is 4.14. The van der Waals surface area contributed by atoms with Gasteiger partial charge in [-0.05, 0) is 62.6 Å². The first kappa shape index (κ1) is 16.2. The first-order chi connectivity index (χ1) is 11.4. The molecular weight excluding hydrogens is 300 g/mol. The predicted molar refractivity (Wildman–Crippen MR) is 96.4 cm³/mol. The fraction of sp³-hybridized carbons (Fsp3) is 0.300. The van der Waals surface area contributed by atoms with Crippen LogP contribution in [0.2, 0.25) is 0 Å². The summed E-state index contributed by atoms with van der Waals surface area (Å²) in [6.07, 6.45) is 0.180. The molecule has 0 aliphatic carbocycles. The topological polar surface area (TPSA) is 49.4 Å². The number of imide groups is 1. The van der Waals surface area contributed by atoms with Gasteiger partial charge in [0.25, 0.3) is 5.91 Å². The molecule has 0 bridgehead atoms. The number of hydrogen-bond acceptors (Lipinski definition) is 3. The Labute approximate surface area is 142 Å². The van der Waals surface area contributed by atoms with Crippen LogP contribution >= 0.6 is 0 Å². The molecule has 1 N–H and O–H groups in total. The van der Waals surface area contributed by atoms with Crippen molar-refractivity contribution in [2.75, 3.05) is 10.2 Å². The summed E-state index contributed by atoms with van der Waals surface area (Å²) in [7, 11) is 0. The summed E-state index contributed by atoms with van der Waals surface area (Å²) in [6.45, 7) is 8.00. The van der Waals surface area contributed by atoms with Crippen LogP contribution in [0.1, 0.15) is 28.7 Å². The lowest BCUT2D eigenvalue weighted by Gasteiger charge is -2.18. The maximum absolute atomic E-state index is 12.8. The lowest BCUT2D eigenvalue weighted by Crippen LogP contribution is -2.35.